The van der Waals surface area contributed by atoms with E-state index in [4.69, 9.17) is 22.1 Å². The van der Waals surface area contributed by atoms with Gasteiger partial charge in [0.25, 0.3) is 0 Å². The summed E-state index contributed by atoms with van der Waals surface area (Å²) in [5.74, 6) is 0.646. The number of benzene rings is 1. The summed E-state index contributed by atoms with van der Waals surface area (Å²) in [4.78, 5) is 15.1. The van der Waals surface area contributed by atoms with E-state index in [9.17, 15) is 4.79 Å². The van der Waals surface area contributed by atoms with E-state index in [-0.39, 0.29) is 5.38 Å². The zero-order valence-electron chi connectivity index (χ0n) is 11.4. The first-order chi connectivity index (χ1) is 10.1. The summed E-state index contributed by atoms with van der Waals surface area (Å²) < 4.78 is 5.71. The zero-order chi connectivity index (χ0) is 14.8. The van der Waals surface area contributed by atoms with Crippen molar-refractivity contribution in [2.24, 2.45) is 5.73 Å². The molecular weight excluding hydrogens is 288 g/mol. The van der Waals surface area contributed by atoms with Crippen molar-refractivity contribution in [1.29, 1.82) is 0 Å². The quantitative estimate of drug-likeness (QED) is 0.881. The SMILES string of the molecule is NC(=O)c1ccc(Oc2ccc3c(c2)CCCC3Cl)nc1. The first kappa shape index (κ1) is 13.9. The average molecular weight is 303 g/mol. The van der Waals surface area contributed by atoms with Crippen molar-refractivity contribution in [3.05, 3.63) is 53.2 Å². The Kier molecular flexibility index (Phi) is 3.80. The van der Waals surface area contributed by atoms with Crippen molar-refractivity contribution < 1.29 is 9.53 Å². The number of halogens is 1. The van der Waals surface area contributed by atoms with Crippen LogP contribution in [-0.4, -0.2) is 10.9 Å². The summed E-state index contributed by atoms with van der Waals surface area (Å²) in [6, 6.07) is 9.14. The van der Waals surface area contributed by atoms with Gasteiger partial charge in [-0.25, -0.2) is 4.98 Å². The normalized spacial score (nSPS) is 17.1. The number of amides is 1. The Balaban J connectivity index is 1.80. The molecule has 1 aliphatic rings. The van der Waals surface area contributed by atoms with Crippen LogP contribution in [0.4, 0.5) is 0 Å². The van der Waals surface area contributed by atoms with Gasteiger partial charge in [-0.05, 0) is 48.6 Å². The van der Waals surface area contributed by atoms with Gasteiger partial charge in [0.2, 0.25) is 11.8 Å². The molecule has 0 bridgehead atoms. The topological polar surface area (TPSA) is 65.2 Å². The van der Waals surface area contributed by atoms with Gasteiger partial charge < -0.3 is 10.5 Å². The molecule has 1 aliphatic carbocycles. The summed E-state index contributed by atoms with van der Waals surface area (Å²) in [6.07, 6.45) is 4.54. The zero-order valence-corrected chi connectivity index (χ0v) is 12.1. The second-order valence-electron chi connectivity index (χ2n) is 5.07. The number of fused-ring (bicyclic) bond motifs is 1. The molecule has 108 valence electrons. The molecule has 0 fully saturated rings. The highest BCUT2D eigenvalue weighted by Crippen LogP contribution is 2.36. The first-order valence-corrected chi connectivity index (χ1v) is 7.28. The van der Waals surface area contributed by atoms with Crippen LogP contribution in [0.5, 0.6) is 11.6 Å². The van der Waals surface area contributed by atoms with Crippen molar-refractivity contribution in [1.82, 2.24) is 4.98 Å². The van der Waals surface area contributed by atoms with Gasteiger partial charge in [-0.15, -0.1) is 11.6 Å². The van der Waals surface area contributed by atoms with E-state index in [0.29, 0.717) is 11.4 Å². The number of nitrogens with two attached hydrogens (primary N) is 1. The molecule has 1 aromatic carbocycles. The number of carbonyl (C=O) groups is 1. The molecule has 0 saturated carbocycles. The van der Waals surface area contributed by atoms with Gasteiger partial charge in [-0.2, -0.15) is 0 Å². The van der Waals surface area contributed by atoms with Crippen LogP contribution in [0.1, 0.15) is 39.7 Å². The standard InChI is InChI=1S/C16H15ClN2O2/c17-14-3-1-2-10-8-12(5-6-13(10)14)21-15-7-4-11(9-19-15)16(18)20/h4-9,14H,1-3H2,(H2,18,20). The summed E-state index contributed by atoms with van der Waals surface area (Å²) in [6.45, 7) is 0. The number of primary amides is 1. The van der Waals surface area contributed by atoms with Gasteiger partial charge in [0.15, 0.2) is 0 Å². The predicted octanol–water partition coefficient (Wildman–Crippen LogP) is 3.59. The van der Waals surface area contributed by atoms with Gasteiger partial charge in [-0.1, -0.05) is 6.07 Å². The third kappa shape index (κ3) is 3.00. The minimum atomic E-state index is -0.504. The van der Waals surface area contributed by atoms with E-state index < -0.39 is 5.91 Å². The summed E-state index contributed by atoms with van der Waals surface area (Å²) >= 11 is 6.31. The van der Waals surface area contributed by atoms with Gasteiger partial charge in [0.1, 0.15) is 5.75 Å². The number of alkyl halides is 1. The van der Waals surface area contributed by atoms with E-state index in [1.165, 1.54) is 17.3 Å². The number of hydrogen-bond donors (Lipinski definition) is 1. The Morgan fingerprint density at radius 1 is 1.33 bits per heavy atom. The number of rotatable bonds is 3. The molecule has 0 radical (unpaired) electrons. The summed E-state index contributed by atoms with van der Waals surface area (Å²) in [7, 11) is 0. The lowest BCUT2D eigenvalue weighted by Gasteiger charge is -2.21. The lowest BCUT2D eigenvalue weighted by Crippen LogP contribution is -2.10. The maximum Gasteiger partial charge on any atom is 0.250 e. The maximum absolute atomic E-state index is 11.0. The molecule has 2 N–H and O–H groups in total. The molecule has 3 rings (SSSR count). The van der Waals surface area contributed by atoms with Crippen molar-refractivity contribution in [2.45, 2.75) is 24.6 Å². The molecule has 21 heavy (non-hydrogen) atoms. The number of hydrogen-bond acceptors (Lipinski definition) is 3. The lowest BCUT2D eigenvalue weighted by molar-refractivity contribution is 0.1000. The number of pyridine rings is 1. The van der Waals surface area contributed by atoms with Crippen molar-refractivity contribution in [3.8, 4) is 11.6 Å². The molecule has 1 heterocycles. The van der Waals surface area contributed by atoms with Crippen LogP contribution in [0.25, 0.3) is 0 Å². The van der Waals surface area contributed by atoms with Crippen LogP contribution in [0, 0.1) is 0 Å². The minimum Gasteiger partial charge on any atom is -0.439 e. The second kappa shape index (κ2) is 5.74. The van der Waals surface area contributed by atoms with Gasteiger partial charge in [0, 0.05) is 12.3 Å². The number of aromatic nitrogens is 1. The molecular formula is C16H15ClN2O2. The first-order valence-electron chi connectivity index (χ1n) is 6.84. The fourth-order valence-electron chi connectivity index (χ4n) is 2.50. The number of carbonyl (C=O) groups excluding carboxylic acids is 1. The number of aryl methyl sites for hydroxylation is 1. The van der Waals surface area contributed by atoms with Crippen LogP contribution in [0.3, 0.4) is 0 Å². The smallest absolute Gasteiger partial charge is 0.250 e. The molecule has 2 aromatic rings. The van der Waals surface area contributed by atoms with E-state index in [1.54, 1.807) is 12.1 Å². The molecule has 0 spiro atoms. The average Bonchev–Trinajstić information content (AvgIpc) is 2.48. The molecule has 4 nitrogen and oxygen atoms in total. The number of nitrogens with zero attached hydrogens (tertiary/aromatic N) is 1. The molecule has 0 saturated heterocycles. The van der Waals surface area contributed by atoms with Crippen LogP contribution >= 0.6 is 11.6 Å². The second-order valence-corrected chi connectivity index (χ2v) is 5.60. The van der Waals surface area contributed by atoms with Gasteiger partial charge in [-0.3, -0.25) is 4.79 Å². The third-order valence-electron chi connectivity index (χ3n) is 3.60. The fourth-order valence-corrected chi connectivity index (χ4v) is 2.87. The Morgan fingerprint density at radius 3 is 2.90 bits per heavy atom. The predicted molar refractivity (Wildman–Crippen MR) is 80.8 cm³/mol. The summed E-state index contributed by atoms with van der Waals surface area (Å²) in [5.41, 5.74) is 7.95. The van der Waals surface area contributed by atoms with Gasteiger partial charge >= 0.3 is 0 Å². The Morgan fingerprint density at radius 2 is 2.19 bits per heavy atom. The monoisotopic (exact) mass is 302 g/mol. The largest absolute Gasteiger partial charge is 0.439 e. The van der Waals surface area contributed by atoms with Crippen molar-refractivity contribution >= 4 is 17.5 Å². The molecule has 5 heteroatoms. The molecule has 0 aliphatic heterocycles. The van der Waals surface area contributed by atoms with E-state index >= 15 is 0 Å². The highest BCUT2D eigenvalue weighted by atomic mass is 35.5. The Hall–Kier alpha value is -2.07. The highest BCUT2D eigenvalue weighted by Gasteiger charge is 2.18. The third-order valence-corrected chi connectivity index (χ3v) is 4.05. The van der Waals surface area contributed by atoms with E-state index in [1.807, 2.05) is 18.2 Å². The van der Waals surface area contributed by atoms with Gasteiger partial charge in [0.05, 0.1) is 10.9 Å². The molecule has 1 amide bonds. The lowest BCUT2D eigenvalue weighted by atomic mass is 9.91. The van der Waals surface area contributed by atoms with Crippen molar-refractivity contribution in [3.63, 3.8) is 0 Å². The van der Waals surface area contributed by atoms with Crippen LogP contribution in [0.2, 0.25) is 0 Å². The maximum atomic E-state index is 11.0. The minimum absolute atomic E-state index is 0.0933. The Bertz CT molecular complexity index is 670. The highest BCUT2D eigenvalue weighted by molar-refractivity contribution is 6.21. The number of ether oxygens (including phenoxy) is 1. The molecule has 1 atom stereocenters. The van der Waals surface area contributed by atoms with Crippen molar-refractivity contribution in [2.75, 3.05) is 0 Å². The molecule has 1 unspecified atom stereocenters. The van der Waals surface area contributed by atoms with Crippen LogP contribution < -0.4 is 10.5 Å². The Labute approximate surface area is 127 Å². The van der Waals surface area contributed by atoms with Crippen LogP contribution in [0.15, 0.2) is 36.5 Å². The van der Waals surface area contributed by atoms with E-state index in [0.717, 1.165) is 25.0 Å². The van der Waals surface area contributed by atoms with E-state index in [2.05, 4.69) is 4.98 Å². The van der Waals surface area contributed by atoms with Crippen LogP contribution in [-0.2, 0) is 6.42 Å². The fraction of sp³-hybridized carbons (Fsp3) is 0.250. The summed E-state index contributed by atoms with van der Waals surface area (Å²) in [5, 5.41) is 0.0933. The molecule has 1 aromatic heterocycles.